The number of aromatic carboxylic acids is 2. The summed E-state index contributed by atoms with van der Waals surface area (Å²) < 4.78 is 1.71. The number of carbonyl (C=O) groups excluding carboxylic acids is 2. The summed E-state index contributed by atoms with van der Waals surface area (Å²) >= 11 is 0. The van der Waals surface area contributed by atoms with Gasteiger partial charge in [0.1, 0.15) is 0 Å². The maximum atomic E-state index is 11.0. The van der Waals surface area contributed by atoms with Crippen molar-refractivity contribution in [3.8, 4) is 5.95 Å². The topological polar surface area (TPSA) is 150 Å². The zero-order valence-corrected chi connectivity index (χ0v) is 18.8. The summed E-state index contributed by atoms with van der Waals surface area (Å²) in [5.74, 6) is -1.82. The molecule has 11 nitrogen and oxygen atoms in total. The highest BCUT2D eigenvalue weighted by molar-refractivity contribution is 5.86. The molecule has 0 spiro atoms. The molecule has 176 valence electrons. The first-order valence-electron chi connectivity index (χ1n) is 10.4. The Morgan fingerprint density at radius 2 is 1.14 bits per heavy atom. The minimum Gasteiger partial charge on any atom is -0.545 e. The van der Waals surface area contributed by atoms with E-state index in [9.17, 15) is 19.8 Å². The molecule has 4 aromatic rings. The van der Waals surface area contributed by atoms with Crippen molar-refractivity contribution in [2.45, 2.75) is 0 Å². The number of rotatable bonds is 8. The third kappa shape index (κ3) is 5.66. The summed E-state index contributed by atoms with van der Waals surface area (Å²) in [6.07, 6.45) is 3.61. The summed E-state index contributed by atoms with van der Waals surface area (Å²) in [6, 6.07) is 15.7. The maximum absolute atomic E-state index is 11.0. The van der Waals surface area contributed by atoms with Gasteiger partial charge in [-0.3, -0.25) is 0 Å². The van der Waals surface area contributed by atoms with Gasteiger partial charge in [-0.25, -0.2) is 4.57 Å². The molecule has 0 saturated heterocycles. The Kier molecular flexibility index (Phi) is 6.49. The van der Waals surface area contributed by atoms with Gasteiger partial charge in [0.2, 0.25) is 0 Å². The van der Waals surface area contributed by atoms with E-state index in [1.54, 1.807) is 28.8 Å². The number of carboxylic acid groups (broad SMARTS) is 2. The van der Waals surface area contributed by atoms with Crippen LogP contribution < -0.4 is 30.3 Å². The molecule has 0 unspecified atom stereocenters. The smallest absolute Gasteiger partial charge is 0.444 e. The van der Waals surface area contributed by atoms with Gasteiger partial charge >= 0.3 is 17.8 Å². The van der Waals surface area contributed by atoms with Gasteiger partial charge in [0.15, 0.2) is 0 Å². The monoisotopic (exact) mass is 470 g/mol. The molecule has 2 aromatic carbocycles. The van der Waals surface area contributed by atoms with E-state index < -0.39 is 11.9 Å². The molecule has 0 aliphatic heterocycles. The highest BCUT2D eigenvalue weighted by Gasteiger charge is 2.18. The minimum absolute atomic E-state index is 0.0470. The summed E-state index contributed by atoms with van der Waals surface area (Å²) in [4.78, 5) is 37.3. The third-order valence-electron chi connectivity index (χ3n) is 4.94. The number of benzene rings is 2. The van der Waals surface area contributed by atoms with Gasteiger partial charge in [0.05, 0.1) is 24.3 Å². The fourth-order valence-electron chi connectivity index (χ4n) is 3.08. The average molecular weight is 470 g/mol. The van der Waals surface area contributed by atoms with Crippen LogP contribution in [0, 0.1) is 0 Å². The molecule has 0 fully saturated rings. The standard InChI is InChI=1S/C24H21N7O4/c1-30(2)19-11-13-31(14-12-19)24-28-22(25-17-7-3-15(4-8-17)20(32)33)27-23(29-24)26-18-9-5-16(6-10-18)21(34)35/h3-14H,1-2H3,(H3-,25,26,27,28,29,32,33,34,35)/p-1. The van der Waals surface area contributed by atoms with Crippen LogP contribution in [0.25, 0.3) is 5.95 Å². The van der Waals surface area contributed by atoms with Crippen molar-refractivity contribution in [1.82, 2.24) is 15.0 Å². The number of aromatic nitrogens is 4. The Bertz CT molecular complexity index is 1280. The highest BCUT2D eigenvalue weighted by Crippen LogP contribution is 2.18. The number of pyridine rings is 1. The largest absolute Gasteiger partial charge is 0.545 e. The number of nitrogens with zero attached hydrogens (tertiary/aromatic N) is 5. The lowest BCUT2D eigenvalue weighted by molar-refractivity contribution is -0.603. The van der Waals surface area contributed by atoms with E-state index in [-0.39, 0.29) is 23.0 Å². The van der Waals surface area contributed by atoms with Crippen LogP contribution >= 0.6 is 0 Å². The van der Waals surface area contributed by atoms with Crippen molar-refractivity contribution in [1.29, 1.82) is 0 Å². The van der Waals surface area contributed by atoms with E-state index >= 15 is 0 Å². The lowest BCUT2D eigenvalue weighted by Gasteiger charge is -2.11. The molecule has 0 atom stereocenters. The van der Waals surface area contributed by atoms with Gasteiger partial charge in [-0.2, -0.15) is 0 Å². The molecule has 0 aliphatic carbocycles. The first-order chi connectivity index (χ1) is 16.8. The highest BCUT2D eigenvalue weighted by atomic mass is 16.4. The lowest BCUT2D eigenvalue weighted by Crippen LogP contribution is -2.33. The van der Waals surface area contributed by atoms with Crippen LogP contribution in [-0.4, -0.2) is 41.0 Å². The zero-order chi connectivity index (χ0) is 24.9. The Hall–Kier alpha value is -5.06. The van der Waals surface area contributed by atoms with Crippen LogP contribution in [0.2, 0.25) is 0 Å². The Morgan fingerprint density at radius 3 is 1.51 bits per heavy atom. The summed E-state index contributed by atoms with van der Waals surface area (Å²) in [6.45, 7) is 0. The molecule has 2 N–H and O–H groups in total. The van der Waals surface area contributed by atoms with Gasteiger partial charge in [-0.05, 0) is 57.5 Å². The molecule has 0 saturated carbocycles. The molecule has 2 aromatic heterocycles. The normalized spacial score (nSPS) is 10.5. The van der Waals surface area contributed by atoms with Gasteiger partial charge < -0.3 is 35.3 Å². The van der Waals surface area contributed by atoms with E-state index in [0.717, 1.165) is 5.69 Å². The number of nitrogens with one attached hydrogen (secondary N) is 2. The van der Waals surface area contributed by atoms with Crippen LogP contribution in [0.15, 0.2) is 73.1 Å². The third-order valence-corrected chi connectivity index (χ3v) is 4.94. The first-order valence-corrected chi connectivity index (χ1v) is 10.4. The second-order valence-corrected chi connectivity index (χ2v) is 7.62. The van der Waals surface area contributed by atoms with Crippen molar-refractivity contribution >= 4 is 40.9 Å². The van der Waals surface area contributed by atoms with Gasteiger partial charge in [-0.1, -0.05) is 24.3 Å². The summed E-state index contributed by atoms with van der Waals surface area (Å²) in [7, 11) is 3.87. The molecule has 0 bridgehead atoms. The summed E-state index contributed by atoms with van der Waals surface area (Å²) in [5, 5.41) is 28.1. The maximum Gasteiger partial charge on any atom is 0.444 e. The number of carbonyl (C=O) groups is 2. The first kappa shape index (κ1) is 23.1. The average Bonchev–Trinajstić information content (AvgIpc) is 2.84. The van der Waals surface area contributed by atoms with Crippen molar-refractivity contribution in [2.75, 3.05) is 29.6 Å². The number of carboxylic acids is 2. The van der Waals surface area contributed by atoms with E-state index in [4.69, 9.17) is 0 Å². The van der Waals surface area contributed by atoms with Crippen LogP contribution in [0.5, 0.6) is 0 Å². The fraction of sp³-hybridized carbons (Fsp3) is 0.0833. The molecule has 0 aliphatic rings. The van der Waals surface area contributed by atoms with E-state index in [1.807, 2.05) is 43.5 Å². The number of anilines is 5. The van der Waals surface area contributed by atoms with E-state index in [2.05, 4.69) is 25.6 Å². The minimum atomic E-state index is -1.27. The van der Waals surface area contributed by atoms with Crippen molar-refractivity contribution < 1.29 is 24.4 Å². The molecule has 0 amide bonds. The molecule has 35 heavy (non-hydrogen) atoms. The predicted molar refractivity (Wildman–Crippen MR) is 124 cm³/mol. The van der Waals surface area contributed by atoms with E-state index in [1.165, 1.54) is 24.3 Å². The Labute approximate surface area is 200 Å². The van der Waals surface area contributed by atoms with Gasteiger partial charge in [-0.15, -0.1) is 4.98 Å². The van der Waals surface area contributed by atoms with Crippen LogP contribution in [0.1, 0.15) is 20.7 Å². The second-order valence-electron chi connectivity index (χ2n) is 7.62. The molecule has 2 heterocycles. The van der Waals surface area contributed by atoms with E-state index in [0.29, 0.717) is 17.3 Å². The van der Waals surface area contributed by atoms with Crippen molar-refractivity contribution in [3.05, 3.63) is 84.2 Å². The number of hydrogen-bond acceptors (Lipinski definition) is 10. The Morgan fingerprint density at radius 1 is 0.714 bits per heavy atom. The lowest BCUT2D eigenvalue weighted by atomic mass is 10.2. The van der Waals surface area contributed by atoms with Gasteiger partial charge in [0, 0.05) is 31.2 Å². The SMILES string of the molecule is CN(C)c1cc[n+](-c2nc(Nc3ccc(C(=O)[O-])cc3)nc(Nc3ccc(C(=O)[O-])cc3)n2)cc1. The van der Waals surface area contributed by atoms with Crippen LogP contribution in [-0.2, 0) is 0 Å². The fourth-order valence-corrected chi connectivity index (χ4v) is 3.08. The number of hydrogen-bond donors (Lipinski definition) is 2. The molecule has 0 radical (unpaired) electrons. The zero-order valence-electron chi connectivity index (χ0n) is 18.8. The molecular formula is C24H20N7O4-. The van der Waals surface area contributed by atoms with Gasteiger partial charge in [0.25, 0.3) is 0 Å². The van der Waals surface area contributed by atoms with Crippen molar-refractivity contribution in [3.63, 3.8) is 0 Å². The predicted octanol–water partition coefficient (Wildman–Crippen LogP) is 0.428. The van der Waals surface area contributed by atoms with Crippen molar-refractivity contribution in [2.24, 2.45) is 0 Å². The molecule has 11 heteroatoms. The van der Waals surface area contributed by atoms with Crippen LogP contribution in [0.3, 0.4) is 0 Å². The summed E-state index contributed by atoms with van der Waals surface area (Å²) in [5.41, 5.74) is 2.21. The Balaban J connectivity index is 1.68. The second kappa shape index (κ2) is 9.83. The molecule has 4 rings (SSSR count). The van der Waals surface area contributed by atoms with Crippen LogP contribution in [0.4, 0.5) is 29.0 Å². The molecular weight excluding hydrogens is 450 g/mol. The quantitative estimate of drug-likeness (QED) is 0.347.